The summed E-state index contributed by atoms with van der Waals surface area (Å²) in [5.74, 6) is -0.257. The lowest BCUT2D eigenvalue weighted by atomic mass is 10.3. The molecule has 3 N–H and O–H groups in total. The molecule has 0 fully saturated rings. The number of thioether (sulfide) groups is 1. The summed E-state index contributed by atoms with van der Waals surface area (Å²) in [6.45, 7) is 4.10. The standard InChI is InChI=1S/C8H17NO2S/c1-3-7(8(9)11)12-6(2)4-5-10/h6-7,10H,3-5H2,1-2H3,(H2,9,11). The number of nitrogens with two attached hydrogens (primary N) is 1. The molecule has 2 unspecified atom stereocenters. The lowest BCUT2D eigenvalue weighted by Crippen LogP contribution is -2.26. The number of carbonyl (C=O) groups excluding carboxylic acids is 1. The molecule has 0 rings (SSSR count). The predicted molar refractivity (Wildman–Crippen MR) is 52.0 cm³/mol. The van der Waals surface area contributed by atoms with Crippen molar-refractivity contribution in [3.05, 3.63) is 0 Å². The van der Waals surface area contributed by atoms with Gasteiger partial charge in [-0.2, -0.15) is 0 Å². The number of hydrogen-bond donors (Lipinski definition) is 2. The van der Waals surface area contributed by atoms with Crippen LogP contribution >= 0.6 is 11.8 Å². The van der Waals surface area contributed by atoms with E-state index in [1.54, 1.807) is 11.8 Å². The van der Waals surface area contributed by atoms with Crippen LogP contribution in [0.3, 0.4) is 0 Å². The number of hydrogen-bond acceptors (Lipinski definition) is 3. The predicted octanol–water partition coefficient (Wildman–Crippen LogP) is 0.754. The van der Waals surface area contributed by atoms with Crippen molar-refractivity contribution in [3.8, 4) is 0 Å². The zero-order chi connectivity index (χ0) is 9.56. The first kappa shape index (κ1) is 11.8. The van der Waals surface area contributed by atoms with E-state index in [9.17, 15) is 4.79 Å². The Morgan fingerprint density at radius 2 is 2.25 bits per heavy atom. The van der Waals surface area contributed by atoms with Gasteiger partial charge in [0.2, 0.25) is 5.91 Å². The zero-order valence-electron chi connectivity index (χ0n) is 7.62. The maximum absolute atomic E-state index is 10.8. The van der Waals surface area contributed by atoms with Crippen molar-refractivity contribution in [2.75, 3.05) is 6.61 Å². The Kier molecular flexibility index (Phi) is 6.20. The lowest BCUT2D eigenvalue weighted by Gasteiger charge is -2.15. The summed E-state index contributed by atoms with van der Waals surface area (Å²) in [5, 5.41) is 8.82. The van der Waals surface area contributed by atoms with Gasteiger partial charge < -0.3 is 10.8 Å². The van der Waals surface area contributed by atoms with Gasteiger partial charge in [0.1, 0.15) is 0 Å². The Hall–Kier alpha value is -0.220. The topological polar surface area (TPSA) is 63.3 Å². The van der Waals surface area contributed by atoms with Gasteiger partial charge >= 0.3 is 0 Å². The van der Waals surface area contributed by atoms with Crippen LogP contribution in [0.15, 0.2) is 0 Å². The molecule has 0 spiro atoms. The summed E-state index contributed by atoms with van der Waals surface area (Å²) >= 11 is 1.54. The second-order valence-corrected chi connectivity index (χ2v) is 4.40. The SMILES string of the molecule is CCC(SC(C)CCO)C(N)=O. The highest BCUT2D eigenvalue weighted by Crippen LogP contribution is 2.21. The summed E-state index contributed by atoms with van der Waals surface area (Å²) in [6.07, 6.45) is 1.48. The van der Waals surface area contributed by atoms with Crippen LogP contribution in [0, 0.1) is 0 Å². The van der Waals surface area contributed by atoms with E-state index in [1.165, 1.54) is 0 Å². The van der Waals surface area contributed by atoms with Crippen LogP contribution in [-0.2, 0) is 4.79 Å². The highest BCUT2D eigenvalue weighted by molar-refractivity contribution is 8.01. The van der Waals surface area contributed by atoms with Crippen molar-refractivity contribution < 1.29 is 9.90 Å². The molecule has 3 nitrogen and oxygen atoms in total. The first-order valence-electron chi connectivity index (χ1n) is 4.17. The molecule has 0 aliphatic rings. The van der Waals surface area contributed by atoms with Gasteiger partial charge in [-0.25, -0.2) is 0 Å². The number of primary amides is 1. The quantitative estimate of drug-likeness (QED) is 0.651. The molecule has 0 radical (unpaired) electrons. The number of rotatable bonds is 6. The highest BCUT2D eigenvalue weighted by Gasteiger charge is 2.16. The maximum atomic E-state index is 10.8. The first-order valence-corrected chi connectivity index (χ1v) is 5.11. The van der Waals surface area contributed by atoms with E-state index in [2.05, 4.69) is 0 Å². The van der Waals surface area contributed by atoms with Gasteiger partial charge in [-0.3, -0.25) is 4.79 Å². The maximum Gasteiger partial charge on any atom is 0.230 e. The molecule has 0 saturated heterocycles. The van der Waals surface area contributed by atoms with Gasteiger partial charge in [0.15, 0.2) is 0 Å². The minimum absolute atomic E-state index is 0.105. The Morgan fingerprint density at radius 3 is 2.58 bits per heavy atom. The molecule has 0 saturated carbocycles. The van der Waals surface area contributed by atoms with E-state index in [-0.39, 0.29) is 17.8 Å². The molecule has 0 aliphatic heterocycles. The monoisotopic (exact) mass is 191 g/mol. The molecule has 0 aromatic heterocycles. The van der Waals surface area contributed by atoms with Crippen molar-refractivity contribution >= 4 is 17.7 Å². The molecule has 0 bridgehead atoms. The molecule has 0 aromatic rings. The van der Waals surface area contributed by atoms with Crippen molar-refractivity contribution in [2.24, 2.45) is 5.73 Å². The fourth-order valence-electron chi connectivity index (χ4n) is 0.895. The molecular formula is C8H17NO2S. The average Bonchev–Trinajstić information content (AvgIpc) is 2.00. The minimum atomic E-state index is -0.257. The molecule has 2 atom stereocenters. The van der Waals surface area contributed by atoms with Gasteiger partial charge in [-0.1, -0.05) is 13.8 Å². The number of amides is 1. The summed E-state index contributed by atoms with van der Waals surface area (Å²) in [6, 6.07) is 0. The Labute approximate surface area is 77.7 Å². The highest BCUT2D eigenvalue weighted by atomic mass is 32.2. The molecule has 12 heavy (non-hydrogen) atoms. The summed E-state index contributed by atoms with van der Waals surface area (Å²) < 4.78 is 0. The normalized spacial score (nSPS) is 15.6. The number of carbonyl (C=O) groups is 1. The average molecular weight is 191 g/mol. The first-order chi connectivity index (χ1) is 5.61. The van der Waals surface area contributed by atoms with Crippen LogP contribution in [0.25, 0.3) is 0 Å². The van der Waals surface area contributed by atoms with Crippen LogP contribution in [0.1, 0.15) is 26.7 Å². The van der Waals surface area contributed by atoms with E-state index in [4.69, 9.17) is 10.8 Å². The van der Waals surface area contributed by atoms with Crippen molar-refractivity contribution in [3.63, 3.8) is 0 Å². The Balaban J connectivity index is 3.77. The van der Waals surface area contributed by atoms with Crippen LogP contribution in [0.2, 0.25) is 0 Å². The van der Waals surface area contributed by atoms with E-state index in [0.29, 0.717) is 11.7 Å². The van der Waals surface area contributed by atoms with E-state index < -0.39 is 0 Å². The van der Waals surface area contributed by atoms with Gasteiger partial charge in [-0.05, 0) is 12.8 Å². The van der Waals surface area contributed by atoms with Crippen molar-refractivity contribution in [1.82, 2.24) is 0 Å². The summed E-state index contributed by atoms with van der Waals surface area (Å²) in [4.78, 5) is 10.8. The van der Waals surface area contributed by atoms with Crippen LogP contribution in [0.4, 0.5) is 0 Å². The second kappa shape index (κ2) is 6.31. The van der Waals surface area contributed by atoms with Crippen LogP contribution in [-0.4, -0.2) is 28.1 Å². The molecule has 1 amide bonds. The minimum Gasteiger partial charge on any atom is -0.396 e. The zero-order valence-corrected chi connectivity index (χ0v) is 8.43. The molecule has 72 valence electrons. The Bertz CT molecular complexity index is 141. The van der Waals surface area contributed by atoms with Gasteiger partial charge in [-0.15, -0.1) is 11.8 Å². The fourth-order valence-corrected chi connectivity index (χ4v) is 2.02. The molecule has 0 aliphatic carbocycles. The van der Waals surface area contributed by atoms with Gasteiger partial charge in [0.05, 0.1) is 5.25 Å². The van der Waals surface area contributed by atoms with E-state index in [1.807, 2.05) is 13.8 Å². The van der Waals surface area contributed by atoms with E-state index in [0.717, 1.165) is 6.42 Å². The summed E-state index contributed by atoms with van der Waals surface area (Å²) in [7, 11) is 0. The van der Waals surface area contributed by atoms with Gasteiger partial charge in [0, 0.05) is 11.9 Å². The van der Waals surface area contributed by atoms with Crippen LogP contribution < -0.4 is 5.73 Å². The molecule has 0 aromatic carbocycles. The van der Waals surface area contributed by atoms with Crippen molar-refractivity contribution in [1.29, 1.82) is 0 Å². The Morgan fingerprint density at radius 1 is 1.67 bits per heavy atom. The smallest absolute Gasteiger partial charge is 0.230 e. The van der Waals surface area contributed by atoms with E-state index >= 15 is 0 Å². The molecular weight excluding hydrogens is 174 g/mol. The van der Waals surface area contributed by atoms with Crippen LogP contribution in [0.5, 0.6) is 0 Å². The fraction of sp³-hybridized carbons (Fsp3) is 0.875. The summed E-state index contributed by atoms with van der Waals surface area (Å²) in [5.41, 5.74) is 5.17. The largest absolute Gasteiger partial charge is 0.396 e. The third-order valence-corrected chi connectivity index (χ3v) is 3.21. The second-order valence-electron chi connectivity index (χ2n) is 2.76. The third-order valence-electron chi connectivity index (χ3n) is 1.62. The number of aliphatic hydroxyl groups is 1. The van der Waals surface area contributed by atoms with Crippen molar-refractivity contribution in [2.45, 2.75) is 37.2 Å². The lowest BCUT2D eigenvalue weighted by molar-refractivity contribution is -0.117. The third kappa shape index (κ3) is 4.62. The number of aliphatic hydroxyl groups excluding tert-OH is 1. The molecule has 4 heteroatoms. The molecule has 0 heterocycles. The van der Waals surface area contributed by atoms with Gasteiger partial charge in [0.25, 0.3) is 0 Å².